The molecule has 2 saturated carbocycles. The van der Waals surface area contributed by atoms with E-state index in [1.165, 1.54) is 0 Å². The van der Waals surface area contributed by atoms with Crippen LogP contribution in [-0.4, -0.2) is 23.0 Å². The Bertz CT molecular complexity index is 344. The molecule has 2 rings (SSSR count). The predicted molar refractivity (Wildman–Crippen MR) is 58.6 cm³/mol. The smallest absolute Gasteiger partial charge is 0.326 e. The Hall–Kier alpha value is -0.710. The number of halogens is 2. The molecule has 0 radical (unpaired) electrons. The van der Waals surface area contributed by atoms with E-state index in [1.54, 1.807) is 20.8 Å². The van der Waals surface area contributed by atoms with Crippen molar-refractivity contribution in [1.29, 1.82) is 0 Å². The van der Waals surface area contributed by atoms with Gasteiger partial charge in [0.1, 0.15) is 11.1 Å². The lowest BCUT2D eigenvalue weighted by atomic mass is 9.47. The normalized spacial score (nSPS) is 28.1. The SMILES string of the molecule is CC(C)(C)OC(=O)C1(N)CC2(CC(F)(F)C2)C1. The average molecular weight is 247 g/mol. The van der Waals surface area contributed by atoms with Crippen molar-refractivity contribution in [2.24, 2.45) is 11.1 Å². The average Bonchev–Trinajstić information content (AvgIpc) is 1.93. The first-order valence-electron chi connectivity index (χ1n) is 5.86. The van der Waals surface area contributed by atoms with Crippen molar-refractivity contribution in [1.82, 2.24) is 0 Å². The molecule has 0 aromatic carbocycles. The molecule has 0 amide bonds. The van der Waals surface area contributed by atoms with Crippen molar-refractivity contribution in [3.8, 4) is 0 Å². The molecule has 0 saturated heterocycles. The van der Waals surface area contributed by atoms with Crippen LogP contribution in [0.5, 0.6) is 0 Å². The summed E-state index contributed by atoms with van der Waals surface area (Å²) < 4.78 is 30.9. The number of carbonyl (C=O) groups is 1. The zero-order valence-electron chi connectivity index (χ0n) is 10.5. The van der Waals surface area contributed by atoms with E-state index in [4.69, 9.17) is 10.5 Å². The van der Waals surface area contributed by atoms with Crippen molar-refractivity contribution in [3.05, 3.63) is 0 Å². The fourth-order valence-corrected chi connectivity index (χ4v) is 3.11. The van der Waals surface area contributed by atoms with Gasteiger partial charge in [-0.2, -0.15) is 0 Å². The van der Waals surface area contributed by atoms with Gasteiger partial charge in [-0.3, -0.25) is 4.79 Å². The van der Waals surface area contributed by atoms with Gasteiger partial charge in [0.15, 0.2) is 0 Å². The maximum absolute atomic E-state index is 12.8. The van der Waals surface area contributed by atoms with E-state index < -0.39 is 28.4 Å². The monoisotopic (exact) mass is 247 g/mol. The van der Waals surface area contributed by atoms with E-state index in [0.29, 0.717) is 12.8 Å². The molecule has 1 spiro atoms. The summed E-state index contributed by atoms with van der Waals surface area (Å²) >= 11 is 0. The van der Waals surface area contributed by atoms with Gasteiger partial charge < -0.3 is 10.5 Å². The fourth-order valence-electron chi connectivity index (χ4n) is 3.11. The molecule has 0 aromatic rings. The fraction of sp³-hybridized carbons (Fsp3) is 0.917. The number of hydrogen-bond donors (Lipinski definition) is 1. The van der Waals surface area contributed by atoms with Gasteiger partial charge >= 0.3 is 5.97 Å². The second-order valence-corrected chi connectivity index (χ2v) is 6.72. The van der Waals surface area contributed by atoms with Crippen LogP contribution in [0.4, 0.5) is 8.78 Å². The molecule has 2 N–H and O–H groups in total. The molecule has 2 aliphatic rings. The van der Waals surface area contributed by atoms with Crippen LogP contribution in [0.25, 0.3) is 0 Å². The largest absolute Gasteiger partial charge is 0.459 e. The molecule has 2 aliphatic carbocycles. The van der Waals surface area contributed by atoms with Gasteiger partial charge in [-0.25, -0.2) is 8.78 Å². The minimum atomic E-state index is -2.56. The summed E-state index contributed by atoms with van der Waals surface area (Å²) in [5.41, 5.74) is 3.86. The molecule has 5 heteroatoms. The molecule has 2 fully saturated rings. The third kappa shape index (κ3) is 2.30. The number of rotatable bonds is 1. The molecule has 0 atom stereocenters. The Labute approximate surface area is 99.7 Å². The number of ether oxygens (including phenoxy) is 1. The predicted octanol–water partition coefficient (Wildman–Crippen LogP) is 2.23. The molecule has 0 aliphatic heterocycles. The van der Waals surface area contributed by atoms with Gasteiger partial charge in [0, 0.05) is 12.8 Å². The van der Waals surface area contributed by atoms with Gasteiger partial charge in [0.05, 0.1) is 0 Å². The van der Waals surface area contributed by atoms with Gasteiger partial charge in [0.2, 0.25) is 5.92 Å². The Kier molecular flexibility index (Phi) is 2.39. The van der Waals surface area contributed by atoms with Crippen molar-refractivity contribution in [2.45, 2.75) is 63.5 Å². The maximum atomic E-state index is 12.8. The van der Waals surface area contributed by atoms with Crippen LogP contribution < -0.4 is 5.73 Å². The molecule has 0 aromatic heterocycles. The van der Waals surface area contributed by atoms with Crippen LogP contribution in [-0.2, 0) is 9.53 Å². The first-order valence-corrected chi connectivity index (χ1v) is 5.86. The molecule has 0 heterocycles. The highest BCUT2D eigenvalue weighted by atomic mass is 19.3. The Balaban J connectivity index is 1.91. The van der Waals surface area contributed by atoms with Crippen LogP contribution in [0.1, 0.15) is 46.5 Å². The van der Waals surface area contributed by atoms with Crippen molar-refractivity contribution >= 4 is 5.97 Å². The minimum absolute atomic E-state index is 0.137. The van der Waals surface area contributed by atoms with E-state index in [1.807, 2.05) is 0 Å². The molecule has 98 valence electrons. The first-order chi connectivity index (χ1) is 7.46. The summed E-state index contributed by atoms with van der Waals surface area (Å²) in [7, 11) is 0. The second kappa shape index (κ2) is 3.19. The second-order valence-electron chi connectivity index (χ2n) is 6.72. The zero-order chi connectivity index (χ0) is 13.1. The number of carbonyl (C=O) groups excluding carboxylic acids is 1. The Morgan fingerprint density at radius 1 is 1.18 bits per heavy atom. The lowest BCUT2D eigenvalue weighted by Gasteiger charge is -2.60. The van der Waals surface area contributed by atoms with Crippen molar-refractivity contribution in [3.63, 3.8) is 0 Å². The quantitative estimate of drug-likeness (QED) is 0.723. The summed E-state index contributed by atoms with van der Waals surface area (Å²) in [4.78, 5) is 11.8. The minimum Gasteiger partial charge on any atom is -0.459 e. The van der Waals surface area contributed by atoms with Crippen LogP contribution in [0, 0.1) is 5.41 Å². The van der Waals surface area contributed by atoms with Gasteiger partial charge in [-0.05, 0) is 39.0 Å². The summed E-state index contributed by atoms with van der Waals surface area (Å²) in [6, 6.07) is 0. The number of esters is 1. The zero-order valence-corrected chi connectivity index (χ0v) is 10.5. The summed E-state index contributed by atoms with van der Waals surface area (Å²) in [6.07, 6.45) is 0.374. The third-order valence-electron chi connectivity index (χ3n) is 3.45. The molecule has 0 bridgehead atoms. The van der Waals surface area contributed by atoms with Gasteiger partial charge in [-0.15, -0.1) is 0 Å². The maximum Gasteiger partial charge on any atom is 0.326 e. The molecular formula is C12H19F2NO2. The van der Waals surface area contributed by atoms with Crippen LogP contribution >= 0.6 is 0 Å². The Morgan fingerprint density at radius 2 is 1.65 bits per heavy atom. The molecule has 0 unspecified atom stereocenters. The highest BCUT2D eigenvalue weighted by molar-refractivity contribution is 5.82. The molecule has 3 nitrogen and oxygen atoms in total. The van der Waals surface area contributed by atoms with Crippen LogP contribution in [0.2, 0.25) is 0 Å². The Morgan fingerprint density at radius 3 is 2.00 bits per heavy atom. The van der Waals surface area contributed by atoms with E-state index in [2.05, 4.69) is 0 Å². The number of hydrogen-bond acceptors (Lipinski definition) is 3. The highest BCUT2D eigenvalue weighted by Gasteiger charge is 2.68. The molecule has 17 heavy (non-hydrogen) atoms. The number of nitrogens with two attached hydrogens (primary N) is 1. The summed E-state index contributed by atoms with van der Waals surface area (Å²) in [5.74, 6) is -3.03. The topological polar surface area (TPSA) is 52.3 Å². The highest BCUT2D eigenvalue weighted by Crippen LogP contribution is 2.65. The lowest BCUT2D eigenvalue weighted by molar-refractivity contribution is -0.222. The van der Waals surface area contributed by atoms with Crippen LogP contribution in [0.3, 0.4) is 0 Å². The van der Waals surface area contributed by atoms with Crippen molar-refractivity contribution < 1.29 is 18.3 Å². The summed E-state index contributed by atoms with van der Waals surface area (Å²) in [6.45, 7) is 5.29. The van der Waals surface area contributed by atoms with Crippen LogP contribution in [0.15, 0.2) is 0 Å². The summed E-state index contributed by atoms with van der Waals surface area (Å²) in [5, 5.41) is 0. The third-order valence-corrected chi connectivity index (χ3v) is 3.45. The first kappa shape index (κ1) is 12.7. The van der Waals surface area contributed by atoms with E-state index in [-0.39, 0.29) is 12.8 Å². The van der Waals surface area contributed by atoms with Gasteiger partial charge in [0.25, 0.3) is 0 Å². The standard InChI is InChI=1S/C12H19F2NO2/c1-9(2,3)17-8(16)11(15)4-10(5-11)6-12(13,14)7-10/h4-7,15H2,1-3H3. The van der Waals surface area contributed by atoms with Crippen molar-refractivity contribution in [2.75, 3.05) is 0 Å². The lowest BCUT2D eigenvalue weighted by Crippen LogP contribution is -2.69. The van der Waals surface area contributed by atoms with Gasteiger partial charge in [-0.1, -0.05) is 0 Å². The number of alkyl halides is 2. The van der Waals surface area contributed by atoms with E-state index in [0.717, 1.165) is 0 Å². The van der Waals surface area contributed by atoms with E-state index in [9.17, 15) is 13.6 Å². The van der Waals surface area contributed by atoms with E-state index >= 15 is 0 Å². The molecular weight excluding hydrogens is 228 g/mol.